The van der Waals surface area contributed by atoms with Crippen LogP contribution in [0.25, 0.3) is 33.1 Å². The lowest BCUT2D eigenvalue weighted by molar-refractivity contribution is 0.384. The van der Waals surface area contributed by atoms with Crippen LogP contribution in [0.4, 0.5) is 5.82 Å². The van der Waals surface area contributed by atoms with E-state index in [2.05, 4.69) is 46.2 Å². The van der Waals surface area contributed by atoms with E-state index in [0.29, 0.717) is 48.3 Å². The maximum Gasteiger partial charge on any atom is 0.263 e. The van der Waals surface area contributed by atoms with Crippen molar-refractivity contribution < 1.29 is 12.9 Å². The predicted octanol–water partition coefficient (Wildman–Crippen LogP) is 4.90. The number of anilines is 1. The van der Waals surface area contributed by atoms with Gasteiger partial charge in [-0.05, 0) is 35.4 Å². The van der Waals surface area contributed by atoms with Gasteiger partial charge in [0.1, 0.15) is 22.7 Å². The number of sulfonamides is 1. The highest BCUT2D eigenvalue weighted by Crippen LogP contribution is 2.35. The highest BCUT2D eigenvalue weighted by Gasteiger charge is 2.31. The molecule has 0 bridgehead atoms. The van der Waals surface area contributed by atoms with Gasteiger partial charge in [0, 0.05) is 38.2 Å². The average Bonchev–Trinajstić information content (AvgIpc) is 3.37. The molecular weight excluding hydrogens is 486 g/mol. The summed E-state index contributed by atoms with van der Waals surface area (Å²) in [6.07, 6.45) is 1.62. The first-order chi connectivity index (χ1) is 18.0. The number of aromatic nitrogens is 3. The molecule has 37 heavy (non-hydrogen) atoms. The minimum atomic E-state index is -3.54. The maximum absolute atomic E-state index is 13.1. The van der Waals surface area contributed by atoms with Crippen LogP contribution in [0.2, 0.25) is 0 Å². The molecule has 1 aliphatic rings. The topological polar surface area (TPSA) is 92.4 Å². The summed E-state index contributed by atoms with van der Waals surface area (Å²) in [5, 5.41) is 7.43. The molecular formula is C28H27N5O3S. The van der Waals surface area contributed by atoms with Crippen LogP contribution in [-0.2, 0) is 16.4 Å². The Bertz CT molecular complexity index is 1680. The van der Waals surface area contributed by atoms with Gasteiger partial charge in [-0.2, -0.15) is 9.29 Å². The number of nitrogens with zero attached hydrogens (tertiary/aromatic N) is 5. The second-order valence-electron chi connectivity index (χ2n) is 9.19. The van der Waals surface area contributed by atoms with Crippen LogP contribution in [0.5, 0.6) is 0 Å². The fraction of sp³-hybridized carbons (Fsp3) is 0.250. The summed E-state index contributed by atoms with van der Waals surface area (Å²) in [5.41, 5.74) is 2.07. The third kappa shape index (κ3) is 4.34. The van der Waals surface area contributed by atoms with Gasteiger partial charge in [-0.3, -0.25) is 0 Å². The van der Waals surface area contributed by atoms with E-state index < -0.39 is 10.0 Å². The highest BCUT2D eigenvalue weighted by atomic mass is 32.2. The lowest BCUT2D eigenvalue weighted by Crippen LogP contribution is -2.49. The molecule has 9 heteroatoms. The van der Waals surface area contributed by atoms with Crippen LogP contribution in [-0.4, -0.2) is 54.0 Å². The van der Waals surface area contributed by atoms with E-state index in [-0.39, 0.29) is 0 Å². The molecule has 5 aromatic rings. The molecule has 0 spiro atoms. The smallest absolute Gasteiger partial charge is 0.263 e. The quantitative estimate of drug-likeness (QED) is 0.319. The number of hydrogen-bond donors (Lipinski definition) is 0. The number of hydrogen-bond acceptors (Lipinski definition) is 7. The van der Waals surface area contributed by atoms with Crippen molar-refractivity contribution in [2.75, 3.05) is 31.1 Å². The number of aryl methyl sites for hydroxylation is 1. The summed E-state index contributed by atoms with van der Waals surface area (Å²) in [7, 11) is -3.54. The number of rotatable bonds is 6. The van der Waals surface area contributed by atoms with Gasteiger partial charge in [-0.1, -0.05) is 66.7 Å². The fourth-order valence-electron chi connectivity index (χ4n) is 4.86. The molecule has 188 valence electrons. The molecule has 0 amide bonds. The van der Waals surface area contributed by atoms with Crippen LogP contribution < -0.4 is 4.90 Å². The van der Waals surface area contributed by atoms with Gasteiger partial charge in [0.2, 0.25) is 10.0 Å². The zero-order valence-electron chi connectivity index (χ0n) is 20.5. The number of benzene rings is 3. The van der Waals surface area contributed by atoms with E-state index in [1.165, 1.54) is 0 Å². The van der Waals surface area contributed by atoms with Crippen LogP contribution >= 0.6 is 0 Å². The summed E-state index contributed by atoms with van der Waals surface area (Å²) in [5.74, 6) is 1.44. The Morgan fingerprint density at radius 2 is 1.59 bits per heavy atom. The minimum Gasteiger partial charge on any atom is -0.353 e. The van der Waals surface area contributed by atoms with E-state index in [0.717, 1.165) is 40.4 Å². The van der Waals surface area contributed by atoms with Crippen LogP contribution in [0.1, 0.15) is 19.2 Å². The van der Waals surface area contributed by atoms with E-state index in [1.807, 2.05) is 24.3 Å². The fourth-order valence-corrected chi connectivity index (χ4v) is 6.30. The van der Waals surface area contributed by atoms with Crippen molar-refractivity contribution in [2.24, 2.45) is 0 Å². The van der Waals surface area contributed by atoms with Crippen molar-refractivity contribution in [3.05, 3.63) is 78.6 Å². The number of fused-ring (bicyclic) bond motifs is 2. The van der Waals surface area contributed by atoms with Crippen LogP contribution in [0.3, 0.4) is 0 Å². The minimum absolute atomic E-state index is 0.315. The van der Waals surface area contributed by atoms with Gasteiger partial charge in [-0.15, -0.1) is 0 Å². The summed E-state index contributed by atoms with van der Waals surface area (Å²) < 4.78 is 33.6. The molecule has 3 heterocycles. The van der Waals surface area contributed by atoms with E-state index in [1.54, 1.807) is 28.6 Å². The zero-order valence-corrected chi connectivity index (χ0v) is 21.4. The standard InChI is InChI=1S/C28H27N5O3S/c1-2-8-24-29-27(32-15-17-33(18-16-32)37(34,35)23-11-4-3-5-12-23)25-26(31-36-28(25)30-24)22-14-13-20-9-6-7-10-21(20)19-22/h3-7,9-14,19H,2,8,15-18H2,1H3. The summed E-state index contributed by atoms with van der Waals surface area (Å²) in [4.78, 5) is 12.0. The van der Waals surface area contributed by atoms with Crippen molar-refractivity contribution in [3.63, 3.8) is 0 Å². The molecule has 0 unspecified atom stereocenters. The van der Waals surface area contributed by atoms with Crippen LogP contribution in [0.15, 0.2) is 82.2 Å². The van der Waals surface area contributed by atoms with E-state index >= 15 is 0 Å². The third-order valence-corrected chi connectivity index (χ3v) is 8.69. The maximum atomic E-state index is 13.1. The van der Waals surface area contributed by atoms with E-state index in [9.17, 15) is 8.42 Å². The van der Waals surface area contributed by atoms with Gasteiger partial charge in [0.05, 0.1) is 4.90 Å². The van der Waals surface area contributed by atoms with Crippen molar-refractivity contribution in [1.82, 2.24) is 19.4 Å². The zero-order chi connectivity index (χ0) is 25.4. The van der Waals surface area contributed by atoms with Gasteiger partial charge < -0.3 is 9.42 Å². The Morgan fingerprint density at radius 1 is 0.865 bits per heavy atom. The molecule has 8 nitrogen and oxygen atoms in total. The first-order valence-electron chi connectivity index (χ1n) is 12.5. The lowest BCUT2D eigenvalue weighted by Gasteiger charge is -2.35. The second kappa shape index (κ2) is 9.57. The number of piperazine rings is 1. The molecule has 3 aromatic carbocycles. The first kappa shape index (κ1) is 23.6. The molecule has 2 aromatic heterocycles. The molecule has 1 fully saturated rings. The third-order valence-electron chi connectivity index (χ3n) is 6.78. The Balaban J connectivity index is 1.37. The largest absolute Gasteiger partial charge is 0.353 e. The van der Waals surface area contributed by atoms with Crippen molar-refractivity contribution in [3.8, 4) is 11.3 Å². The predicted molar refractivity (Wildman–Crippen MR) is 144 cm³/mol. The van der Waals surface area contributed by atoms with Gasteiger partial charge in [-0.25, -0.2) is 13.4 Å². The van der Waals surface area contributed by atoms with Crippen molar-refractivity contribution in [1.29, 1.82) is 0 Å². The summed E-state index contributed by atoms with van der Waals surface area (Å²) in [6.45, 7) is 3.82. The van der Waals surface area contributed by atoms with Crippen molar-refractivity contribution in [2.45, 2.75) is 24.7 Å². The summed E-state index contributed by atoms with van der Waals surface area (Å²) in [6, 6.07) is 23.0. The van der Waals surface area contributed by atoms with Gasteiger partial charge in [0.25, 0.3) is 5.71 Å². The molecule has 1 aliphatic heterocycles. The van der Waals surface area contributed by atoms with Gasteiger partial charge in [0.15, 0.2) is 0 Å². The normalized spacial score (nSPS) is 15.0. The van der Waals surface area contributed by atoms with E-state index in [4.69, 9.17) is 9.51 Å². The Hall–Kier alpha value is -3.82. The molecule has 6 rings (SSSR count). The Kier molecular flexibility index (Phi) is 6.10. The Morgan fingerprint density at radius 3 is 2.35 bits per heavy atom. The lowest BCUT2D eigenvalue weighted by atomic mass is 10.0. The molecule has 1 saturated heterocycles. The molecule has 0 aliphatic carbocycles. The second-order valence-corrected chi connectivity index (χ2v) is 11.1. The molecule has 0 saturated carbocycles. The van der Waals surface area contributed by atoms with Crippen LogP contribution in [0, 0.1) is 0 Å². The first-order valence-corrected chi connectivity index (χ1v) is 13.9. The molecule has 0 N–H and O–H groups in total. The highest BCUT2D eigenvalue weighted by molar-refractivity contribution is 7.89. The van der Waals surface area contributed by atoms with Gasteiger partial charge >= 0.3 is 0 Å². The molecule has 0 radical (unpaired) electrons. The van der Waals surface area contributed by atoms with Crippen molar-refractivity contribution >= 4 is 37.7 Å². The molecule has 0 atom stereocenters. The Labute approximate surface area is 215 Å². The summed E-state index contributed by atoms with van der Waals surface area (Å²) >= 11 is 0. The average molecular weight is 514 g/mol. The monoisotopic (exact) mass is 513 g/mol. The SMILES string of the molecule is CCCc1nc(N2CCN(S(=O)(=O)c3ccccc3)CC2)c2c(-c3ccc4ccccc4c3)noc2n1.